The molecule has 0 aromatic carbocycles. The average molecular weight is 310 g/mol. The lowest BCUT2D eigenvalue weighted by Crippen LogP contribution is -2.37. The van der Waals surface area contributed by atoms with E-state index in [2.05, 4.69) is 31.9 Å². The molecule has 0 saturated heterocycles. The second-order valence-corrected chi connectivity index (χ2v) is 9.21. The molecule has 0 heterocycles. The summed E-state index contributed by atoms with van der Waals surface area (Å²) >= 11 is 5.81. The summed E-state index contributed by atoms with van der Waals surface area (Å²) in [6.07, 6.45) is -0.993. The van der Waals surface area contributed by atoms with Crippen LogP contribution in [-0.4, -0.2) is 27.9 Å². The number of halogens is 2. The van der Waals surface area contributed by atoms with Crippen molar-refractivity contribution in [3.63, 3.8) is 0 Å². The standard InChI is InChI=1S/C5H10Br2O3S/c1-3-11(9,10)5(6,7)4(2)8/h4,8H,3H2,1-2H3. The SMILES string of the molecule is CCS(=O)(=O)C(Br)(Br)C(C)O. The van der Waals surface area contributed by atoms with Crippen molar-refractivity contribution in [2.75, 3.05) is 5.75 Å². The minimum Gasteiger partial charge on any atom is -0.390 e. The predicted octanol–water partition coefficient (Wildman–Crippen LogP) is 1.25. The monoisotopic (exact) mass is 308 g/mol. The van der Waals surface area contributed by atoms with Crippen LogP contribution in [0.5, 0.6) is 0 Å². The number of sulfone groups is 1. The van der Waals surface area contributed by atoms with Crippen molar-refractivity contribution >= 4 is 41.7 Å². The second-order valence-electron chi connectivity index (χ2n) is 2.14. The van der Waals surface area contributed by atoms with Crippen molar-refractivity contribution in [1.82, 2.24) is 0 Å². The van der Waals surface area contributed by atoms with E-state index >= 15 is 0 Å². The molecule has 1 unspecified atom stereocenters. The van der Waals surface area contributed by atoms with Gasteiger partial charge in [0.2, 0.25) is 2.57 Å². The Morgan fingerprint density at radius 2 is 1.91 bits per heavy atom. The molecule has 68 valence electrons. The van der Waals surface area contributed by atoms with Crippen molar-refractivity contribution in [2.45, 2.75) is 22.5 Å². The lowest BCUT2D eigenvalue weighted by molar-refractivity contribution is 0.205. The van der Waals surface area contributed by atoms with Crippen LogP contribution in [0, 0.1) is 0 Å². The highest BCUT2D eigenvalue weighted by Crippen LogP contribution is 2.36. The summed E-state index contributed by atoms with van der Waals surface area (Å²) in [5.41, 5.74) is 0. The van der Waals surface area contributed by atoms with Gasteiger partial charge >= 0.3 is 0 Å². The fourth-order valence-electron chi connectivity index (χ4n) is 0.452. The minimum absolute atomic E-state index is 0.0194. The van der Waals surface area contributed by atoms with Gasteiger partial charge in [-0.05, 0) is 6.92 Å². The third kappa shape index (κ3) is 2.40. The molecule has 0 aliphatic carbocycles. The van der Waals surface area contributed by atoms with E-state index < -0.39 is 18.5 Å². The topological polar surface area (TPSA) is 54.4 Å². The Balaban J connectivity index is 4.85. The second kappa shape index (κ2) is 3.72. The number of aliphatic hydroxyl groups excluding tert-OH is 1. The Morgan fingerprint density at radius 1 is 1.55 bits per heavy atom. The smallest absolute Gasteiger partial charge is 0.206 e. The van der Waals surface area contributed by atoms with Gasteiger partial charge in [-0.15, -0.1) is 0 Å². The van der Waals surface area contributed by atoms with Crippen LogP contribution in [-0.2, 0) is 9.84 Å². The summed E-state index contributed by atoms with van der Waals surface area (Å²) < 4.78 is 21.0. The van der Waals surface area contributed by atoms with E-state index in [-0.39, 0.29) is 5.75 Å². The van der Waals surface area contributed by atoms with Crippen molar-refractivity contribution in [1.29, 1.82) is 0 Å². The first-order valence-corrected chi connectivity index (χ1v) is 6.27. The average Bonchev–Trinajstić information content (AvgIpc) is 1.87. The van der Waals surface area contributed by atoms with Gasteiger partial charge in [0.1, 0.15) is 0 Å². The van der Waals surface area contributed by atoms with E-state index in [0.29, 0.717) is 0 Å². The van der Waals surface area contributed by atoms with Crippen LogP contribution in [0.4, 0.5) is 0 Å². The highest BCUT2D eigenvalue weighted by molar-refractivity contribution is 9.28. The van der Waals surface area contributed by atoms with E-state index in [1.165, 1.54) is 13.8 Å². The Morgan fingerprint density at radius 3 is 2.00 bits per heavy atom. The highest BCUT2D eigenvalue weighted by atomic mass is 79.9. The van der Waals surface area contributed by atoms with Gasteiger partial charge < -0.3 is 5.11 Å². The van der Waals surface area contributed by atoms with Crippen molar-refractivity contribution in [3.05, 3.63) is 0 Å². The van der Waals surface area contributed by atoms with Crippen LogP contribution in [0.2, 0.25) is 0 Å². The molecule has 1 atom stereocenters. The lowest BCUT2D eigenvalue weighted by atomic mass is 10.5. The largest absolute Gasteiger partial charge is 0.390 e. The molecule has 0 saturated carbocycles. The number of aliphatic hydroxyl groups is 1. The molecule has 0 aromatic heterocycles. The van der Waals surface area contributed by atoms with Gasteiger partial charge in [-0.25, -0.2) is 8.42 Å². The number of rotatable bonds is 3. The Bertz CT molecular complexity index is 220. The Hall–Kier alpha value is 0.870. The predicted molar refractivity (Wildman–Crippen MR) is 51.7 cm³/mol. The zero-order chi connectivity index (χ0) is 9.28. The molecule has 0 radical (unpaired) electrons. The first-order valence-electron chi connectivity index (χ1n) is 3.04. The molecule has 0 spiro atoms. The van der Waals surface area contributed by atoms with Gasteiger partial charge in [-0.3, -0.25) is 0 Å². The maximum Gasteiger partial charge on any atom is 0.206 e. The van der Waals surface area contributed by atoms with Gasteiger partial charge in [0.15, 0.2) is 9.84 Å². The first-order chi connectivity index (χ1) is 4.75. The molecule has 0 aromatic rings. The normalized spacial score (nSPS) is 16.5. The van der Waals surface area contributed by atoms with Crippen molar-refractivity contribution in [2.24, 2.45) is 0 Å². The van der Waals surface area contributed by atoms with Crippen molar-refractivity contribution in [3.8, 4) is 0 Å². The van der Waals surface area contributed by atoms with Crippen LogP contribution in [0.3, 0.4) is 0 Å². The summed E-state index contributed by atoms with van der Waals surface area (Å²) in [6, 6.07) is 0. The quantitative estimate of drug-likeness (QED) is 0.798. The Labute approximate surface area is 83.4 Å². The third-order valence-corrected chi connectivity index (χ3v) is 7.50. The zero-order valence-electron chi connectivity index (χ0n) is 6.21. The van der Waals surface area contributed by atoms with Crippen LogP contribution in [0.15, 0.2) is 0 Å². The number of alkyl halides is 2. The molecule has 0 bridgehead atoms. The molecular weight excluding hydrogens is 300 g/mol. The van der Waals surface area contributed by atoms with Gasteiger partial charge in [0.25, 0.3) is 0 Å². The third-order valence-electron chi connectivity index (χ3n) is 1.28. The maximum atomic E-state index is 11.2. The summed E-state index contributed by atoms with van der Waals surface area (Å²) in [6.45, 7) is 2.92. The lowest BCUT2D eigenvalue weighted by Gasteiger charge is -2.22. The number of hydrogen-bond acceptors (Lipinski definition) is 3. The molecule has 0 amide bonds. The molecular formula is C5H10Br2O3S. The van der Waals surface area contributed by atoms with E-state index in [1.54, 1.807) is 0 Å². The molecule has 0 aliphatic heterocycles. The van der Waals surface area contributed by atoms with E-state index in [1.807, 2.05) is 0 Å². The summed E-state index contributed by atoms with van der Waals surface area (Å²) in [7, 11) is -3.31. The van der Waals surface area contributed by atoms with Crippen molar-refractivity contribution < 1.29 is 13.5 Å². The van der Waals surface area contributed by atoms with Gasteiger partial charge in [-0.1, -0.05) is 38.8 Å². The summed E-state index contributed by atoms with van der Waals surface area (Å²) in [4.78, 5) is 0. The zero-order valence-corrected chi connectivity index (χ0v) is 10.2. The van der Waals surface area contributed by atoms with E-state index in [0.717, 1.165) is 0 Å². The fourth-order valence-corrected chi connectivity index (χ4v) is 2.73. The number of hydrogen-bond donors (Lipinski definition) is 1. The first kappa shape index (κ1) is 11.9. The molecule has 11 heavy (non-hydrogen) atoms. The summed E-state index contributed by atoms with van der Waals surface area (Å²) in [5, 5.41) is 9.07. The van der Waals surface area contributed by atoms with Gasteiger partial charge in [0, 0.05) is 5.75 Å². The molecule has 6 heteroatoms. The fraction of sp³-hybridized carbons (Fsp3) is 1.00. The highest BCUT2D eigenvalue weighted by Gasteiger charge is 2.41. The van der Waals surface area contributed by atoms with Crippen LogP contribution >= 0.6 is 31.9 Å². The molecule has 3 nitrogen and oxygen atoms in total. The van der Waals surface area contributed by atoms with Crippen LogP contribution < -0.4 is 0 Å². The van der Waals surface area contributed by atoms with E-state index in [4.69, 9.17) is 5.11 Å². The van der Waals surface area contributed by atoms with Gasteiger partial charge in [-0.2, -0.15) is 0 Å². The van der Waals surface area contributed by atoms with Crippen LogP contribution in [0.25, 0.3) is 0 Å². The molecule has 0 rings (SSSR count). The summed E-state index contributed by atoms with van der Waals surface area (Å²) in [5.74, 6) is -0.0194. The molecule has 1 N–H and O–H groups in total. The van der Waals surface area contributed by atoms with E-state index in [9.17, 15) is 8.42 Å². The minimum atomic E-state index is -3.31. The van der Waals surface area contributed by atoms with Crippen LogP contribution in [0.1, 0.15) is 13.8 Å². The Kier molecular flexibility index (Phi) is 4.02. The molecule has 0 fully saturated rings. The maximum absolute atomic E-state index is 11.2. The van der Waals surface area contributed by atoms with Gasteiger partial charge in [0.05, 0.1) is 6.10 Å². The molecule has 0 aliphatic rings.